The Labute approximate surface area is 393 Å². The maximum absolute atomic E-state index is 5.43. The molecule has 0 aliphatic heterocycles. The Morgan fingerprint density at radius 1 is 0.426 bits per heavy atom. The van der Waals surface area contributed by atoms with Crippen molar-refractivity contribution in [1.82, 2.24) is 14.5 Å². The average Bonchev–Trinajstić information content (AvgIpc) is 4.02. The highest BCUT2D eigenvalue weighted by molar-refractivity contribution is 6.23. The Bertz CT molecular complexity index is 4090. The summed E-state index contributed by atoms with van der Waals surface area (Å²) < 4.78 is 2.43. The molecule has 3 aliphatic carbocycles. The fourth-order valence-electron chi connectivity index (χ4n) is 12.7. The molecule has 15 rings (SSSR count). The van der Waals surface area contributed by atoms with E-state index in [0.717, 1.165) is 55.4 Å². The van der Waals surface area contributed by atoms with E-state index in [2.05, 4.69) is 235 Å². The molecule has 0 saturated heterocycles. The summed E-state index contributed by atoms with van der Waals surface area (Å²) in [4.78, 5) is 10.6. The van der Waals surface area contributed by atoms with Crippen molar-refractivity contribution < 1.29 is 0 Å². The van der Waals surface area contributed by atoms with Crippen molar-refractivity contribution in [2.45, 2.75) is 11.3 Å². The number of rotatable bonds is 4. The van der Waals surface area contributed by atoms with Crippen LogP contribution in [0.15, 0.2) is 237 Å². The Morgan fingerprint density at radius 3 is 1.78 bits per heavy atom. The molecule has 12 aromatic rings. The molecule has 0 radical (unpaired) electrons. The largest absolute Gasteiger partial charge is 0.309 e. The van der Waals surface area contributed by atoms with Crippen LogP contribution < -0.4 is 0 Å². The molecule has 2 atom stereocenters. The molecule has 0 fully saturated rings. The van der Waals surface area contributed by atoms with Crippen molar-refractivity contribution in [3.63, 3.8) is 0 Å². The van der Waals surface area contributed by atoms with Gasteiger partial charge in [-0.3, -0.25) is 4.98 Å². The number of hydrogen-bond acceptors (Lipinski definition) is 2. The average molecular weight is 864 g/mol. The van der Waals surface area contributed by atoms with Crippen LogP contribution in [0.25, 0.3) is 99.2 Å². The zero-order valence-corrected chi connectivity index (χ0v) is 37.0. The van der Waals surface area contributed by atoms with Crippen molar-refractivity contribution in [1.29, 1.82) is 0 Å². The summed E-state index contributed by atoms with van der Waals surface area (Å²) in [5.41, 5.74) is 20.1. The summed E-state index contributed by atoms with van der Waals surface area (Å²) in [5, 5.41) is 7.07. The highest BCUT2D eigenvalue weighted by atomic mass is 15.0. The van der Waals surface area contributed by atoms with E-state index < -0.39 is 0 Å². The minimum absolute atomic E-state index is 0.221. The van der Waals surface area contributed by atoms with Gasteiger partial charge in [0.2, 0.25) is 0 Å². The lowest BCUT2D eigenvalue weighted by Crippen LogP contribution is -2.33. The van der Waals surface area contributed by atoms with Gasteiger partial charge in [0.25, 0.3) is 0 Å². The van der Waals surface area contributed by atoms with E-state index in [1.165, 1.54) is 71.6 Å². The van der Waals surface area contributed by atoms with Gasteiger partial charge in [0, 0.05) is 44.6 Å². The van der Waals surface area contributed by atoms with Crippen LogP contribution in [0.2, 0.25) is 0 Å². The second-order valence-electron chi connectivity index (χ2n) is 18.7. The van der Waals surface area contributed by atoms with Crippen LogP contribution in [0.1, 0.15) is 33.7 Å². The molecule has 316 valence electrons. The molecular formula is C65H41N3. The molecule has 0 saturated carbocycles. The van der Waals surface area contributed by atoms with Gasteiger partial charge in [0.1, 0.15) is 0 Å². The van der Waals surface area contributed by atoms with Crippen LogP contribution in [-0.2, 0) is 5.41 Å². The highest BCUT2D eigenvalue weighted by Crippen LogP contribution is 2.65. The maximum atomic E-state index is 5.43. The summed E-state index contributed by atoms with van der Waals surface area (Å²) in [6.07, 6.45) is 9.44. The molecule has 0 amide bonds. The van der Waals surface area contributed by atoms with Gasteiger partial charge in [-0.25, -0.2) is 4.98 Å². The number of benzene rings is 10. The van der Waals surface area contributed by atoms with E-state index in [9.17, 15) is 0 Å². The van der Waals surface area contributed by atoms with Gasteiger partial charge in [-0.05, 0) is 96.7 Å². The zero-order chi connectivity index (χ0) is 44.5. The Kier molecular flexibility index (Phi) is 7.83. The fraction of sp³-hybridized carbons (Fsp3) is 0.0462. The molecular weight excluding hydrogens is 823 g/mol. The van der Waals surface area contributed by atoms with Crippen molar-refractivity contribution in [2.24, 2.45) is 5.92 Å². The second-order valence-corrected chi connectivity index (χ2v) is 18.7. The molecule has 0 bridgehead atoms. The van der Waals surface area contributed by atoms with Crippen molar-refractivity contribution in [3.8, 4) is 39.2 Å². The molecule has 10 aromatic carbocycles. The number of nitrogens with zero attached hydrogens (tertiary/aromatic N) is 3. The van der Waals surface area contributed by atoms with Crippen LogP contribution >= 0.6 is 0 Å². The zero-order valence-electron chi connectivity index (χ0n) is 37.0. The topological polar surface area (TPSA) is 30.7 Å². The summed E-state index contributed by atoms with van der Waals surface area (Å²) in [6, 6.07) is 78.1. The van der Waals surface area contributed by atoms with Crippen LogP contribution in [0.3, 0.4) is 0 Å². The first kappa shape index (κ1) is 37.5. The lowest BCUT2D eigenvalue weighted by atomic mass is 9.65. The highest BCUT2D eigenvalue weighted by Gasteiger charge is 2.57. The van der Waals surface area contributed by atoms with Gasteiger partial charge in [0.15, 0.2) is 0 Å². The molecule has 2 heterocycles. The minimum atomic E-state index is -0.273. The van der Waals surface area contributed by atoms with Gasteiger partial charge < -0.3 is 4.57 Å². The third kappa shape index (κ3) is 5.08. The Morgan fingerprint density at radius 2 is 1.03 bits per heavy atom. The van der Waals surface area contributed by atoms with E-state index in [1.54, 1.807) is 0 Å². The van der Waals surface area contributed by atoms with E-state index in [4.69, 9.17) is 9.97 Å². The van der Waals surface area contributed by atoms with Crippen LogP contribution in [-0.4, -0.2) is 14.5 Å². The summed E-state index contributed by atoms with van der Waals surface area (Å²) >= 11 is 0. The normalized spacial score (nSPS) is 16.4. The monoisotopic (exact) mass is 863 g/mol. The van der Waals surface area contributed by atoms with Gasteiger partial charge >= 0.3 is 0 Å². The third-order valence-corrected chi connectivity index (χ3v) is 15.5. The first-order valence-electron chi connectivity index (χ1n) is 23.7. The number of aromatic nitrogens is 3. The van der Waals surface area contributed by atoms with Gasteiger partial charge in [-0.15, -0.1) is 0 Å². The fourth-order valence-corrected chi connectivity index (χ4v) is 12.7. The van der Waals surface area contributed by atoms with Crippen molar-refractivity contribution >= 4 is 60.0 Å². The number of para-hydroxylation sites is 1. The molecule has 0 N–H and O–H groups in total. The van der Waals surface area contributed by atoms with Crippen molar-refractivity contribution in [2.75, 3.05) is 0 Å². The number of allylic oxidation sites excluding steroid dienone is 4. The van der Waals surface area contributed by atoms with Crippen molar-refractivity contribution in [3.05, 3.63) is 265 Å². The smallest absolute Gasteiger partial charge is 0.0979 e. The molecule has 3 nitrogen and oxygen atoms in total. The second kappa shape index (κ2) is 14.2. The maximum Gasteiger partial charge on any atom is 0.0979 e. The number of hydrogen-bond donors (Lipinski definition) is 0. The molecule has 2 aromatic heterocycles. The van der Waals surface area contributed by atoms with Crippen LogP contribution in [0.4, 0.5) is 0 Å². The lowest BCUT2D eigenvalue weighted by Gasteiger charge is -2.37. The molecule has 2 unspecified atom stereocenters. The molecule has 3 heteroatoms. The number of fused-ring (bicyclic) bond motifs is 19. The van der Waals surface area contributed by atoms with Gasteiger partial charge in [-0.1, -0.05) is 200 Å². The SMILES string of the molecule is C1=CC2c3ccccc3C3(c4ccccc4-c4ccccc43)C2C=C1c1ccc2c(c1)c1ccc(-c3ccccc3-c3cnc4c5ccccc5c5ccccc5c4n3)cc1n2-c1ccccc1. The summed E-state index contributed by atoms with van der Waals surface area (Å²) in [6.45, 7) is 0. The Balaban J connectivity index is 0.891. The lowest BCUT2D eigenvalue weighted by molar-refractivity contribution is 0.467. The van der Waals surface area contributed by atoms with Gasteiger partial charge in [0.05, 0.1) is 39.4 Å². The van der Waals surface area contributed by atoms with Gasteiger partial charge in [-0.2, -0.15) is 0 Å². The minimum Gasteiger partial charge on any atom is -0.309 e. The van der Waals surface area contributed by atoms with Crippen LogP contribution in [0, 0.1) is 5.92 Å². The summed E-state index contributed by atoms with van der Waals surface area (Å²) in [5.74, 6) is 0.498. The van der Waals surface area contributed by atoms with E-state index >= 15 is 0 Å². The van der Waals surface area contributed by atoms with E-state index in [-0.39, 0.29) is 17.3 Å². The predicted octanol–water partition coefficient (Wildman–Crippen LogP) is 16.0. The van der Waals surface area contributed by atoms with Crippen LogP contribution in [0.5, 0.6) is 0 Å². The quantitative estimate of drug-likeness (QED) is 0.165. The first-order chi connectivity index (χ1) is 33.7. The molecule has 68 heavy (non-hydrogen) atoms. The van der Waals surface area contributed by atoms with E-state index in [1.807, 2.05) is 6.20 Å². The predicted molar refractivity (Wildman–Crippen MR) is 281 cm³/mol. The molecule has 1 spiro atoms. The third-order valence-electron chi connectivity index (χ3n) is 15.5. The standard InChI is InChI=1S/C65H41N3/c1-2-16-43(17-3-1)68-61-35-32-40(41-30-33-50-49-23-12-15-29-58(49)65(59(50)37-41)56-27-13-10-21-47(56)48-22-11-14-28-57(48)65)36-55(61)52-34-31-42(38-62(52)68)44-18-4-7-24-51(44)60-39-66-63-53-25-8-5-19-45(53)46-20-6-9-26-54(46)64(63)67-60/h1-39,50,59H. The molecule has 3 aliphatic rings. The first-order valence-corrected chi connectivity index (χ1v) is 23.7. The Hall–Kier alpha value is -8.66. The summed E-state index contributed by atoms with van der Waals surface area (Å²) in [7, 11) is 0. The van der Waals surface area contributed by atoms with E-state index in [0.29, 0.717) is 0 Å².